The van der Waals surface area contributed by atoms with Gasteiger partial charge in [-0.15, -0.1) is 10.2 Å². The van der Waals surface area contributed by atoms with Crippen molar-refractivity contribution in [1.82, 2.24) is 15.1 Å². The Hall–Kier alpha value is -1.95. The predicted molar refractivity (Wildman–Crippen MR) is 76.4 cm³/mol. The van der Waals surface area contributed by atoms with Crippen LogP contribution in [-0.2, 0) is 0 Å². The number of hydrogen-bond donors (Lipinski definition) is 1. The molecule has 19 heavy (non-hydrogen) atoms. The fourth-order valence-corrected chi connectivity index (χ4v) is 2.33. The summed E-state index contributed by atoms with van der Waals surface area (Å²) in [6.45, 7) is 2.06. The van der Waals surface area contributed by atoms with Crippen LogP contribution in [0.3, 0.4) is 0 Å². The second-order valence-corrected chi connectivity index (χ2v) is 5.21. The number of thiophene rings is 1. The first-order valence-corrected chi connectivity index (χ1v) is 6.86. The molecule has 0 aliphatic heterocycles. The summed E-state index contributed by atoms with van der Waals surface area (Å²) in [5, 5.41) is 15.3. The molecule has 0 fully saturated rings. The van der Waals surface area contributed by atoms with Gasteiger partial charge in [-0.3, -0.25) is 4.79 Å². The standard InChI is InChI=1S/C13H16N4OS/c1-9(10-6-7-19-8-10)14-12-5-4-11(15-16-12)13(18)17(2)3/h4-9H,1-3H3,(H,14,16). The highest BCUT2D eigenvalue weighted by molar-refractivity contribution is 7.07. The Labute approximate surface area is 116 Å². The molecule has 1 atom stereocenters. The van der Waals surface area contributed by atoms with Gasteiger partial charge in [0.25, 0.3) is 5.91 Å². The highest BCUT2D eigenvalue weighted by Crippen LogP contribution is 2.19. The van der Waals surface area contributed by atoms with Crippen molar-refractivity contribution in [3.8, 4) is 0 Å². The van der Waals surface area contributed by atoms with Gasteiger partial charge >= 0.3 is 0 Å². The maximum atomic E-state index is 11.7. The fraction of sp³-hybridized carbons (Fsp3) is 0.308. The molecule has 1 amide bonds. The average molecular weight is 276 g/mol. The number of carbonyl (C=O) groups is 1. The van der Waals surface area contributed by atoms with Crippen LogP contribution in [0, 0.1) is 0 Å². The third kappa shape index (κ3) is 3.29. The summed E-state index contributed by atoms with van der Waals surface area (Å²) >= 11 is 1.66. The summed E-state index contributed by atoms with van der Waals surface area (Å²) in [5.74, 6) is 0.513. The molecule has 0 saturated carbocycles. The molecule has 1 unspecified atom stereocenters. The van der Waals surface area contributed by atoms with Gasteiger partial charge in [0.1, 0.15) is 5.82 Å². The Kier molecular flexibility index (Phi) is 4.11. The van der Waals surface area contributed by atoms with Crippen molar-refractivity contribution < 1.29 is 4.79 Å². The van der Waals surface area contributed by atoms with E-state index in [1.807, 2.05) is 5.38 Å². The minimum absolute atomic E-state index is 0.148. The van der Waals surface area contributed by atoms with Crippen LogP contribution in [0.5, 0.6) is 0 Å². The summed E-state index contributed by atoms with van der Waals surface area (Å²) in [5.41, 5.74) is 1.55. The van der Waals surface area contributed by atoms with Gasteiger partial charge < -0.3 is 10.2 Å². The molecule has 0 saturated heterocycles. The highest BCUT2D eigenvalue weighted by atomic mass is 32.1. The average Bonchev–Trinajstić information content (AvgIpc) is 2.92. The van der Waals surface area contributed by atoms with Crippen molar-refractivity contribution in [3.05, 3.63) is 40.2 Å². The number of rotatable bonds is 4. The van der Waals surface area contributed by atoms with E-state index in [4.69, 9.17) is 0 Å². The van der Waals surface area contributed by atoms with Gasteiger partial charge in [-0.25, -0.2) is 0 Å². The van der Waals surface area contributed by atoms with E-state index in [1.54, 1.807) is 37.6 Å². The van der Waals surface area contributed by atoms with Crippen LogP contribution in [0.15, 0.2) is 29.0 Å². The van der Waals surface area contributed by atoms with Gasteiger partial charge in [0.15, 0.2) is 5.69 Å². The van der Waals surface area contributed by atoms with E-state index in [9.17, 15) is 4.79 Å². The van der Waals surface area contributed by atoms with Crippen LogP contribution in [0.1, 0.15) is 29.0 Å². The molecule has 5 nitrogen and oxygen atoms in total. The molecule has 6 heteroatoms. The number of nitrogens with zero attached hydrogens (tertiary/aromatic N) is 3. The van der Waals surface area contributed by atoms with Crippen LogP contribution >= 0.6 is 11.3 Å². The molecule has 1 N–H and O–H groups in total. The Balaban J connectivity index is 2.05. The number of anilines is 1. The minimum Gasteiger partial charge on any atom is -0.362 e. The number of carbonyl (C=O) groups excluding carboxylic acids is 1. The normalized spacial score (nSPS) is 11.9. The summed E-state index contributed by atoms with van der Waals surface area (Å²) < 4.78 is 0. The van der Waals surface area contributed by atoms with Crippen molar-refractivity contribution in [2.75, 3.05) is 19.4 Å². The second-order valence-electron chi connectivity index (χ2n) is 4.43. The summed E-state index contributed by atoms with van der Waals surface area (Å²) in [4.78, 5) is 13.1. The molecule has 2 aromatic heterocycles. The topological polar surface area (TPSA) is 58.1 Å². The van der Waals surface area contributed by atoms with Crippen LogP contribution in [0.25, 0.3) is 0 Å². The van der Waals surface area contributed by atoms with Crippen molar-refractivity contribution >= 4 is 23.1 Å². The molecule has 2 aromatic rings. The van der Waals surface area contributed by atoms with Gasteiger partial charge in [-0.05, 0) is 41.4 Å². The monoisotopic (exact) mass is 276 g/mol. The van der Waals surface area contributed by atoms with E-state index in [2.05, 4.69) is 33.9 Å². The molecule has 0 bridgehead atoms. The van der Waals surface area contributed by atoms with Gasteiger partial charge in [-0.2, -0.15) is 11.3 Å². The number of amides is 1. The summed E-state index contributed by atoms with van der Waals surface area (Å²) in [6, 6.07) is 5.68. The fourth-order valence-electron chi connectivity index (χ4n) is 1.58. The first kappa shape index (κ1) is 13.5. The van der Waals surface area contributed by atoms with E-state index in [1.165, 1.54) is 10.5 Å². The third-order valence-electron chi connectivity index (χ3n) is 2.70. The van der Waals surface area contributed by atoms with Crippen LogP contribution in [0.2, 0.25) is 0 Å². The van der Waals surface area contributed by atoms with Crippen molar-refractivity contribution in [3.63, 3.8) is 0 Å². The van der Waals surface area contributed by atoms with E-state index >= 15 is 0 Å². The molecule has 0 spiro atoms. The first-order chi connectivity index (χ1) is 9.08. The zero-order valence-electron chi connectivity index (χ0n) is 11.1. The predicted octanol–water partition coefficient (Wildman–Crippen LogP) is 2.41. The number of hydrogen-bond acceptors (Lipinski definition) is 5. The minimum atomic E-state index is -0.148. The SMILES string of the molecule is CC(Nc1ccc(C(=O)N(C)C)nn1)c1ccsc1. The lowest BCUT2D eigenvalue weighted by Gasteiger charge is -2.13. The molecular formula is C13H16N4OS. The Morgan fingerprint density at radius 3 is 2.63 bits per heavy atom. The lowest BCUT2D eigenvalue weighted by atomic mass is 10.2. The second kappa shape index (κ2) is 5.79. The molecule has 0 aromatic carbocycles. The Morgan fingerprint density at radius 1 is 1.32 bits per heavy atom. The smallest absolute Gasteiger partial charge is 0.273 e. The number of nitrogens with one attached hydrogen (secondary N) is 1. The molecule has 0 aliphatic carbocycles. The maximum absolute atomic E-state index is 11.7. The lowest BCUT2D eigenvalue weighted by Crippen LogP contribution is -2.23. The molecular weight excluding hydrogens is 260 g/mol. The van der Waals surface area contributed by atoms with E-state index < -0.39 is 0 Å². The lowest BCUT2D eigenvalue weighted by molar-refractivity contribution is 0.0821. The summed E-state index contributed by atoms with van der Waals surface area (Å²) in [7, 11) is 3.38. The van der Waals surface area contributed by atoms with Crippen LogP contribution in [0.4, 0.5) is 5.82 Å². The first-order valence-electron chi connectivity index (χ1n) is 5.92. The van der Waals surface area contributed by atoms with Crippen LogP contribution in [-0.4, -0.2) is 35.1 Å². The quantitative estimate of drug-likeness (QED) is 0.931. The maximum Gasteiger partial charge on any atom is 0.273 e. The van der Waals surface area contributed by atoms with Gasteiger partial charge in [0.05, 0.1) is 6.04 Å². The molecule has 2 heterocycles. The zero-order chi connectivity index (χ0) is 13.8. The van der Waals surface area contributed by atoms with Gasteiger partial charge in [0.2, 0.25) is 0 Å². The Bertz CT molecular complexity index is 536. The molecule has 0 aliphatic rings. The molecule has 2 rings (SSSR count). The van der Waals surface area contributed by atoms with E-state index in [-0.39, 0.29) is 11.9 Å². The van der Waals surface area contributed by atoms with Gasteiger partial charge in [0, 0.05) is 14.1 Å². The van der Waals surface area contributed by atoms with Crippen molar-refractivity contribution in [2.45, 2.75) is 13.0 Å². The molecule has 100 valence electrons. The van der Waals surface area contributed by atoms with Crippen LogP contribution < -0.4 is 5.32 Å². The largest absolute Gasteiger partial charge is 0.362 e. The van der Waals surface area contributed by atoms with E-state index in [0.29, 0.717) is 11.5 Å². The summed E-state index contributed by atoms with van der Waals surface area (Å²) in [6.07, 6.45) is 0. The third-order valence-corrected chi connectivity index (χ3v) is 3.40. The van der Waals surface area contributed by atoms with E-state index in [0.717, 1.165) is 0 Å². The van der Waals surface area contributed by atoms with Gasteiger partial charge in [-0.1, -0.05) is 0 Å². The Morgan fingerprint density at radius 2 is 2.11 bits per heavy atom. The van der Waals surface area contributed by atoms with Crippen molar-refractivity contribution in [1.29, 1.82) is 0 Å². The number of aromatic nitrogens is 2. The zero-order valence-corrected chi connectivity index (χ0v) is 11.9. The van der Waals surface area contributed by atoms with Crippen molar-refractivity contribution in [2.24, 2.45) is 0 Å². The molecule has 0 radical (unpaired) electrons. The highest BCUT2D eigenvalue weighted by Gasteiger charge is 2.11.